The van der Waals surface area contributed by atoms with E-state index >= 15 is 0 Å². The van der Waals surface area contributed by atoms with Gasteiger partial charge < -0.3 is 10.5 Å². The van der Waals surface area contributed by atoms with Crippen molar-refractivity contribution in [2.45, 2.75) is 45.7 Å². The maximum absolute atomic E-state index is 6.29. The highest BCUT2D eigenvalue weighted by Gasteiger charge is 2.23. The van der Waals surface area contributed by atoms with Gasteiger partial charge in [-0.1, -0.05) is 19.1 Å². The van der Waals surface area contributed by atoms with E-state index in [9.17, 15) is 0 Å². The van der Waals surface area contributed by atoms with E-state index in [-0.39, 0.29) is 11.6 Å². The Hall–Kier alpha value is -1.06. The molecule has 1 rings (SSSR count). The van der Waals surface area contributed by atoms with Crippen LogP contribution in [-0.2, 0) is 0 Å². The lowest BCUT2D eigenvalue weighted by molar-refractivity contribution is 0.142. The van der Waals surface area contributed by atoms with E-state index in [4.69, 9.17) is 10.5 Å². The van der Waals surface area contributed by atoms with Gasteiger partial charge in [0.1, 0.15) is 5.75 Å². The summed E-state index contributed by atoms with van der Waals surface area (Å²) >= 11 is 0. The molecule has 0 aliphatic heterocycles. The van der Waals surface area contributed by atoms with E-state index in [1.807, 2.05) is 19.1 Å². The van der Waals surface area contributed by atoms with Crippen molar-refractivity contribution in [1.82, 2.24) is 4.90 Å². The first-order valence-corrected chi connectivity index (χ1v) is 7.10. The molecule has 0 aromatic heterocycles. The Morgan fingerprint density at radius 2 is 1.79 bits per heavy atom. The van der Waals surface area contributed by atoms with Gasteiger partial charge in [0.15, 0.2) is 0 Å². The van der Waals surface area contributed by atoms with Crippen LogP contribution in [0.4, 0.5) is 0 Å². The van der Waals surface area contributed by atoms with E-state index < -0.39 is 0 Å². The second kappa shape index (κ2) is 6.92. The van der Waals surface area contributed by atoms with Gasteiger partial charge >= 0.3 is 0 Å². The Morgan fingerprint density at radius 3 is 2.26 bits per heavy atom. The van der Waals surface area contributed by atoms with Crippen molar-refractivity contribution in [3.63, 3.8) is 0 Å². The fourth-order valence-electron chi connectivity index (χ4n) is 1.90. The van der Waals surface area contributed by atoms with E-state index in [1.54, 1.807) is 0 Å². The van der Waals surface area contributed by atoms with Crippen molar-refractivity contribution in [3.05, 3.63) is 29.8 Å². The molecule has 0 bridgehead atoms. The molecule has 0 aliphatic rings. The number of hydrogen-bond acceptors (Lipinski definition) is 3. The summed E-state index contributed by atoms with van der Waals surface area (Å²) in [5, 5.41) is 0. The lowest BCUT2D eigenvalue weighted by Gasteiger charge is -2.36. The lowest BCUT2D eigenvalue weighted by atomic mass is 9.98. The van der Waals surface area contributed by atoms with Crippen LogP contribution < -0.4 is 10.5 Å². The Morgan fingerprint density at radius 1 is 1.21 bits per heavy atom. The molecule has 0 heterocycles. The van der Waals surface area contributed by atoms with E-state index in [0.717, 1.165) is 24.3 Å². The second-order valence-corrected chi connectivity index (χ2v) is 5.66. The molecule has 108 valence electrons. The van der Waals surface area contributed by atoms with Crippen LogP contribution in [0, 0.1) is 0 Å². The third-order valence-electron chi connectivity index (χ3n) is 3.99. The van der Waals surface area contributed by atoms with Gasteiger partial charge in [-0.15, -0.1) is 0 Å². The molecule has 1 unspecified atom stereocenters. The summed E-state index contributed by atoms with van der Waals surface area (Å²) in [4.78, 5) is 2.33. The highest BCUT2D eigenvalue weighted by atomic mass is 16.5. The van der Waals surface area contributed by atoms with Crippen LogP contribution in [0.2, 0.25) is 0 Å². The molecule has 3 heteroatoms. The molecular weight excluding hydrogens is 236 g/mol. The number of likely N-dealkylation sites (N-methyl/N-ethyl adjacent to an activating group) is 1. The van der Waals surface area contributed by atoms with E-state index in [0.29, 0.717) is 6.61 Å². The molecule has 0 aliphatic carbocycles. The van der Waals surface area contributed by atoms with Crippen molar-refractivity contribution >= 4 is 0 Å². The van der Waals surface area contributed by atoms with Crippen molar-refractivity contribution < 1.29 is 4.74 Å². The molecule has 3 nitrogen and oxygen atoms in total. The highest BCUT2D eigenvalue weighted by molar-refractivity contribution is 5.29. The first kappa shape index (κ1) is 16.0. The predicted octanol–water partition coefficient (Wildman–Crippen LogP) is 3.21. The summed E-state index contributed by atoms with van der Waals surface area (Å²) in [5.74, 6) is 0.903. The number of benzene rings is 1. The number of hydrogen-bond donors (Lipinski definition) is 1. The van der Waals surface area contributed by atoms with Gasteiger partial charge in [0, 0.05) is 18.1 Å². The molecule has 19 heavy (non-hydrogen) atoms. The smallest absolute Gasteiger partial charge is 0.119 e. The average molecular weight is 264 g/mol. The third-order valence-corrected chi connectivity index (χ3v) is 3.99. The predicted molar refractivity (Wildman–Crippen MR) is 81.5 cm³/mol. The molecule has 1 atom stereocenters. The van der Waals surface area contributed by atoms with Crippen LogP contribution in [0.25, 0.3) is 0 Å². The highest BCUT2D eigenvalue weighted by Crippen LogP contribution is 2.21. The van der Waals surface area contributed by atoms with E-state index in [1.165, 1.54) is 0 Å². The minimum absolute atomic E-state index is 0.0338. The zero-order valence-electron chi connectivity index (χ0n) is 12.9. The topological polar surface area (TPSA) is 38.5 Å². The average Bonchev–Trinajstić information content (AvgIpc) is 2.39. The van der Waals surface area contributed by atoms with Crippen molar-refractivity contribution in [2.75, 3.05) is 20.2 Å². The van der Waals surface area contributed by atoms with Crippen LogP contribution in [0.3, 0.4) is 0 Å². The molecule has 2 N–H and O–H groups in total. The maximum Gasteiger partial charge on any atom is 0.119 e. The number of rotatable bonds is 7. The number of ether oxygens (including phenoxy) is 1. The first-order chi connectivity index (χ1) is 8.90. The molecule has 1 aromatic carbocycles. The third kappa shape index (κ3) is 4.51. The Bertz CT molecular complexity index is 373. The molecule has 0 spiro atoms. The van der Waals surface area contributed by atoms with Gasteiger partial charge in [0.2, 0.25) is 0 Å². The largest absolute Gasteiger partial charge is 0.494 e. The van der Waals surface area contributed by atoms with Crippen LogP contribution in [-0.4, -0.2) is 30.6 Å². The van der Waals surface area contributed by atoms with Crippen molar-refractivity contribution in [1.29, 1.82) is 0 Å². The summed E-state index contributed by atoms with van der Waals surface area (Å²) in [6.07, 6.45) is 1.11. The second-order valence-electron chi connectivity index (χ2n) is 5.66. The fraction of sp³-hybridized carbons (Fsp3) is 0.625. The van der Waals surface area contributed by atoms with E-state index in [2.05, 4.69) is 44.9 Å². The standard InChI is InChI=1S/C16H28N2O/c1-6-16(3,4)18(5)12-15(17)13-8-10-14(11-9-13)19-7-2/h8-11,15H,6-7,12,17H2,1-5H3. The Balaban J connectivity index is 2.65. The molecular formula is C16H28N2O. The Kier molecular flexibility index (Phi) is 5.83. The van der Waals surface area contributed by atoms with Gasteiger partial charge in [0.25, 0.3) is 0 Å². The van der Waals surface area contributed by atoms with Crippen LogP contribution in [0.1, 0.15) is 45.7 Å². The van der Waals surface area contributed by atoms with Crippen LogP contribution >= 0.6 is 0 Å². The van der Waals surface area contributed by atoms with Gasteiger partial charge in [-0.3, -0.25) is 4.90 Å². The number of nitrogens with two attached hydrogens (primary N) is 1. The zero-order chi connectivity index (χ0) is 14.5. The molecule has 0 amide bonds. The van der Waals surface area contributed by atoms with Crippen molar-refractivity contribution in [3.8, 4) is 5.75 Å². The summed E-state index contributed by atoms with van der Waals surface area (Å²) in [7, 11) is 2.14. The summed E-state index contributed by atoms with van der Waals surface area (Å²) in [6.45, 7) is 10.2. The quantitative estimate of drug-likeness (QED) is 0.822. The molecule has 0 fully saturated rings. The summed E-state index contributed by atoms with van der Waals surface area (Å²) < 4.78 is 5.44. The van der Waals surface area contributed by atoms with Crippen molar-refractivity contribution in [2.24, 2.45) is 5.73 Å². The van der Waals surface area contributed by atoms with Gasteiger partial charge in [-0.2, -0.15) is 0 Å². The van der Waals surface area contributed by atoms with Gasteiger partial charge in [0.05, 0.1) is 6.61 Å². The van der Waals surface area contributed by atoms with Crippen LogP contribution in [0.5, 0.6) is 5.75 Å². The Labute approximate surface area is 117 Å². The molecule has 0 radical (unpaired) electrons. The molecule has 0 saturated heterocycles. The fourth-order valence-corrected chi connectivity index (χ4v) is 1.90. The van der Waals surface area contributed by atoms with Gasteiger partial charge in [-0.05, 0) is 51.9 Å². The summed E-state index contributed by atoms with van der Waals surface area (Å²) in [5.41, 5.74) is 7.63. The van der Waals surface area contributed by atoms with Crippen LogP contribution in [0.15, 0.2) is 24.3 Å². The minimum atomic E-state index is 0.0338. The monoisotopic (exact) mass is 264 g/mol. The molecule has 0 saturated carbocycles. The summed E-state index contributed by atoms with van der Waals surface area (Å²) in [6, 6.07) is 8.13. The lowest BCUT2D eigenvalue weighted by Crippen LogP contribution is -2.44. The van der Waals surface area contributed by atoms with Gasteiger partial charge in [-0.25, -0.2) is 0 Å². The SMILES string of the molecule is CCOc1ccc(C(N)CN(C)C(C)(C)CC)cc1. The zero-order valence-corrected chi connectivity index (χ0v) is 12.9. The minimum Gasteiger partial charge on any atom is -0.494 e. The normalized spacial score (nSPS) is 13.6. The molecule has 1 aromatic rings. The first-order valence-electron chi connectivity index (χ1n) is 7.10. The number of nitrogens with zero attached hydrogens (tertiary/aromatic N) is 1. The maximum atomic E-state index is 6.29.